The molecule has 0 unspecified atom stereocenters. The highest BCUT2D eigenvalue weighted by Gasteiger charge is 2.02. The van der Waals surface area contributed by atoms with Gasteiger partial charge in [0.05, 0.1) is 0 Å². The minimum absolute atomic E-state index is 0.165. The zero-order valence-corrected chi connectivity index (χ0v) is 38.5. The van der Waals surface area contributed by atoms with Gasteiger partial charge in [-0.15, -0.1) is 0 Å². The molecule has 2 aromatic rings. The van der Waals surface area contributed by atoms with E-state index in [0.29, 0.717) is 0 Å². The van der Waals surface area contributed by atoms with E-state index >= 15 is 0 Å². The molecule has 0 radical (unpaired) electrons. The van der Waals surface area contributed by atoms with Crippen molar-refractivity contribution in [3.63, 3.8) is 0 Å². The molecule has 4 N–H and O–H groups in total. The number of benzene rings is 2. The molecule has 0 atom stereocenters. The van der Waals surface area contributed by atoms with E-state index in [-0.39, 0.29) is 23.0 Å². The molecule has 4 heteroatoms. The monoisotopic (exact) mass is 809 g/mol. The van der Waals surface area contributed by atoms with Gasteiger partial charge in [0.2, 0.25) is 0 Å². The Morgan fingerprint density at radius 2 is 0.379 bits per heavy atom. The van der Waals surface area contributed by atoms with Crippen molar-refractivity contribution in [3.8, 4) is 23.0 Å². The molecule has 0 spiro atoms. The Hall–Kier alpha value is -2.36. The Labute approximate surface area is 360 Å². The van der Waals surface area contributed by atoms with Crippen LogP contribution in [0.25, 0.3) is 0 Å². The first-order valence-corrected chi connectivity index (χ1v) is 25.5. The quantitative estimate of drug-likeness (QED) is 0.0506. The first-order chi connectivity index (χ1) is 28.4. The van der Waals surface area contributed by atoms with Crippen molar-refractivity contribution < 1.29 is 20.4 Å². The molecule has 2 rings (SSSR count). The molecule has 0 bridgehead atoms. The number of aromatic hydroxyl groups is 4. The summed E-state index contributed by atoms with van der Waals surface area (Å²) in [6.45, 7) is 4.58. The lowest BCUT2D eigenvalue weighted by molar-refractivity contribution is 0.447. The molecule has 336 valence electrons. The molecule has 0 aliphatic carbocycles. The number of aryl methyl sites for hydroxylation is 2. The molecule has 0 amide bonds. The predicted octanol–water partition coefficient (Wildman–Crippen LogP) is 18.1. The van der Waals surface area contributed by atoms with Crippen LogP contribution in [-0.2, 0) is 12.8 Å². The number of hydrogen-bond acceptors (Lipinski definition) is 4. The molecule has 0 saturated heterocycles. The molecule has 0 aliphatic rings. The maximum atomic E-state index is 9.49. The van der Waals surface area contributed by atoms with Crippen LogP contribution in [0, 0.1) is 0 Å². The third-order valence-electron chi connectivity index (χ3n) is 12.1. The number of rotatable bonds is 40. The van der Waals surface area contributed by atoms with Crippen molar-refractivity contribution in [1.29, 1.82) is 0 Å². The fourth-order valence-electron chi connectivity index (χ4n) is 8.42. The van der Waals surface area contributed by atoms with Gasteiger partial charge in [-0.2, -0.15) is 0 Å². The van der Waals surface area contributed by atoms with Crippen LogP contribution >= 0.6 is 0 Å². The fourth-order valence-corrected chi connectivity index (χ4v) is 8.42. The number of hydrogen-bond donors (Lipinski definition) is 4. The lowest BCUT2D eigenvalue weighted by Gasteiger charge is -2.05. The van der Waals surface area contributed by atoms with Gasteiger partial charge in [0.1, 0.15) is 23.0 Å². The van der Waals surface area contributed by atoms with Crippen LogP contribution in [0.15, 0.2) is 36.4 Å². The number of phenolic OH excluding ortho intramolecular Hbond substituents is 4. The van der Waals surface area contributed by atoms with Crippen molar-refractivity contribution >= 4 is 0 Å². The van der Waals surface area contributed by atoms with Gasteiger partial charge < -0.3 is 20.4 Å². The fraction of sp³-hybridized carbons (Fsp3) is 0.778. The minimum Gasteiger partial charge on any atom is -0.508 e. The lowest BCUT2D eigenvalue weighted by Crippen LogP contribution is -1.87. The van der Waals surface area contributed by atoms with Gasteiger partial charge in [-0.1, -0.05) is 245 Å². The van der Waals surface area contributed by atoms with Crippen LogP contribution in [0.1, 0.15) is 269 Å². The Bertz CT molecular complexity index is 1020. The molecule has 2 aromatic carbocycles. The van der Waals surface area contributed by atoms with E-state index in [1.807, 2.05) is 0 Å². The van der Waals surface area contributed by atoms with Gasteiger partial charge in [0.15, 0.2) is 0 Å². The Morgan fingerprint density at radius 3 is 0.552 bits per heavy atom. The molecule has 0 aromatic heterocycles. The SMILES string of the molecule is CCCCCCCCCCCCCCCCCCCCCc1cc(O)cc(O)c1.CCCCCCCCCCCCCCCCCCCCCc1cc(O)cc(O)c1. The van der Waals surface area contributed by atoms with E-state index in [2.05, 4.69) is 13.8 Å². The second-order valence-corrected chi connectivity index (χ2v) is 17.9. The van der Waals surface area contributed by atoms with Crippen LogP contribution in [0.4, 0.5) is 0 Å². The first kappa shape index (κ1) is 53.7. The van der Waals surface area contributed by atoms with Crippen molar-refractivity contribution in [3.05, 3.63) is 47.5 Å². The summed E-state index contributed by atoms with van der Waals surface area (Å²) in [5.41, 5.74) is 2.07. The van der Waals surface area contributed by atoms with Crippen LogP contribution in [0.2, 0.25) is 0 Å². The van der Waals surface area contributed by atoms with Gasteiger partial charge in [-0.3, -0.25) is 0 Å². The minimum atomic E-state index is 0.165. The molecular weight excluding hydrogens is 713 g/mol. The van der Waals surface area contributed by atoms with Crippen molar-refractivity contribution in [2.75, 3.05) is 0 Å². The highest BCUT2D eigenvalue weighted by atomic mass is 16.3. The van der Waals surface area contributed by atoms with Gasteiger partial charge in [-0.25, -0.2) is 0 Å². The van der Waals surface area contributed by atoms with E-state index in [9.17, 15) is 20.4 Å². The normalized spacial score (nSPS) is 11.2. The second kappa shape index (κ2) is 41.4. The highest BCUT2D eigenvalue weighted by Crippen LogP contribution is 2.24. The lowest BCUT2D eigenvalue weighted by atomic mass is 10.0. The summed E-state index contributed by atoms with van der Waals surface area (Å²) >= 11 is 0. The summed E-state index contributed by atoms with van der Waals surface area (Å²) in [5.74, 6) is 0.659. The van der Waals surface area contributed by atoms with E-state index in [4.69, 9.17) is 0 Å². The summed E-state index contributed by atoms with van der Waals surface area (Å²) in [6.07, 6.45) is 54.9. The van der Waals surface area contributed by atoms with Gasteiger partial charge in [-0.05, 0) is 61.1 Å². The van der Waals surface area contributed by atoms with Gasteiger partial charge >= 0.3 is 0 Å². The van der Waals surface area contributed by atoms with Crippen molar-refractivity contribution in [1.82, 2.24) is 0 Å². The highest BCUT2D eigenvalue weighted by molar-refractivity contribution is 5.37. The number of unbranched alkanes of at least 4 members (excludes halogenated alkanes) is 36. The molecule has 0 aliphatic heterocycles. The zero-order chi connectivity index (χ0) is 42.0. The Kier molecular flexibility index (Phi) is 38.3. The summed E-state index contributed by atoms with van der Waals surface area (Å²) < 4.78 is 0. The standard InChI is InChI=1S/2C27H48O2/c2*1-2-3-4-5-6-7-8-9-10-11-12-13-14-15-16-17-18-19-20-21-25-22-26(28)24-27(29)23-25/h2*22-24,28-29H,2-21H2,1H3. The van der Waals surface area contributed by atoms with E-state index in [1.165, 1.54) is 243 Å². The van der Waals surface area contributed by atoms with E-state index in [0.717, 1.165) is 36.8 Å². The molecular formula is C54H96O4. The summed E-state index contributed by atoms with van der Waals surface area (Å²) in [6, 6.07) is 9.81. The van der Waals surface area contributed by atoms with Gasteiger partial charge in [0.25, 0.3) is 0 Å². The maximum Gasteiger partial charge on any atom is 0.119 e. The summed E-state index contributed by atoms with van der Waals surface area (Å²) in [7, 11) is 0. The third-order valence-corrected chi connectivity index (χ3v) is 12.1. The summed E-state index contributed by atoms with van der Waals surface area (Å²) in [5, 5.41) is 38.0. The smallest absolute Gasteiger partial charge is 0.119 e. The molecule has 0 fully saturated rings. The van der Waals surface area contributed by atoms with E-state index < -0.39 is 0 Å². The summed E-state index contributed by atoms with van der Waals surface area (Å²) in [4.78, 5) is 0. The molecule has 0 heterocycles. The van der Waals surface area contributed by atoms with Crippen LogP contribution < -0.4 is 0 Å². The second-order valence-electron chi connectivity index (χ2n) is 17.9. The first-order valence-electron chi connectivity index (χ1n) is 25.5. The maximum absolute atomic E-state index is 9.49. The van der Waals surface area contributed by atoms with Crippen molar-refractivity contribution in [2.24, 2.45) is 0 Å². The Morgan fingerprint density at radius 1 is 0.224 bits per heavy atom. The molecule has 58 heavy (non-hydrogen) atoms. The number of phenols is 4. The molecule has 0 saturated carbocycles. The van der Waals surface area contributed by atoms with Crippen LogP contribution in [0.3, 0.4) is 0 Å². The van der Waals surface area contributed by atoms with Crippen molar-refractivity contribution in [2.45, 2.75) is 271 Å². The van der Waals surface area contributed by atoms with E-state index in [1.54, 1.807) is 24.3 Å². The average Bonchev–Trinajstić information content (AvgIpc) is 3.19. The predicted molar refractivity (Wildman–Crippen MR) is 254 cm³/mol. The zero-order valence-electron chi connectivity index (χ0n) is 38.5. The topological polar surface area (TPSA) is 80.9 Å². The van der Waals surface area contributed by atoms with Crippen LogP contribution in [0.5, 0.6) is 23.0 Å². The molecule has 4 nitrogen and oxygen atoms in total. The third kappa shape index (κ3) is 36.7. The Balaban J connectivity index is 0.000000580. The van der Waals surface area contributed by atoms with Gasteiger partial charge in [0, 0.05) is 12.1 Å². The van der Waals surface area contributed by atoms with Crippen LogP contribution in [-0.4, -0.2) is 20.4 Å². The average molecular weight is 809 g/mol. The largest absolute Gasteiger partial charge is 0.508 e.